The summed E-state index contributed by atoms with van der Waals surface area (Å²) in [5, 5.41) is 3.04. The number of benzene rings is 3. The van der Waals surface area contributed by atoms with Gasteiger partial charge in [-0.1, -0.05) is 48.0 Å². The van der Waals surface area contributed by atoms with Gasteiger partial charge in [-0.15, -0.1) is 0 Å². The molecule has 5 heteroatoms. The monoisotopic (exact) mass is 455 g/mol. The van der Waals surface area contributed by atoms with Gasteiger partial charge in [-0.25, -0.2) is 4.98 Å². The average molecular weight is 456 g/mol. The van der Waals surface area contributed by atoms with Crippen LogP contribution in [0.2, 0.25) is 0 Å². The largest absolute Gasteiger partial charge is 0.493 e. The number of amides is 1. The molecule has 0 saturated heterocycles. The normalized spacial score (nSPS) is 11.0. The molecule has 0 unspecified atom stereocenters. The number of fused-ring (bicyclic) bond motifs is 1. The Morgan fingerprint density at radius 2 is 1.76 bits per heavy atom. The van der Waals surface area contributed by atoms with Crippen LogP contribution < -0.4 is 10.1 Å². The van der Waals surface area contributed by atoms with Gasteiger partial charge in [-0.2, -0.15) is 0 Å². The van der Waals surface area contributed by atoms with Gasteiger partial charge in [0.25, 0.3) is 5.91 Å². The molecular formula is C29H33N3O2. The van der Waals surface area contributed by atoms with Crippen LogP contribution in [0.1, 0.15) is 46.6 Å². The summed E-state index contributed by atoms with van der Waals surface area (Å²) in [6, 6.07) is 24.1. The predicted octanol–water partition coefficient (Wildman–Crippen LogP) is 5.87. The molecule has 1 heterocycles. The third-order valence-corrected chi connectivity index (χ3v) is 6.00. The highest BCUT2D eigenvalue weighted by molar-refractivity contribution is 5.94. The fourth-order valence-electron chi connectivity index (χ4n) is 4.18. The van der Waals surface area contributed by atoms with Crippen molar-refractivity contribution in [3.63, 3.8) is 0 Å². The maximum absolute atomic E-state index is 12.4. The summed E-state index contributed by atoms with van der Waals surface area (Å²) in [5.74, 6) is 2.01. The number of hydrogen-bond donors (Lipinski definition) is 1. The number of nitrogens with one attached hydrogen (secondary N) is 1. The van der Waals surface area contributed by atoms with Gasteiger partial charge in [0.1, 0.15) is 11.6 Å². The fraction of sp³-hybridized carbons (Fsp3) is 0.310. The first-order chi connectivity index (χ1) is 16.6. The van der Waals surface area contributed by atoms with E-state index in [1.54, 1.807) is 0 Å². The minimum Gasteiger partial charge on any atom is -0.493 e. The number of rotatable bonds is 11. The highest BCUT2D eigenvalue weighted by Gasteiger charge is 2.11. The average Bonchev–Trinajstić information content (AvgIpc) is 3.20. The quantitative estimate of drug-likeness (QED) is 0.288. The van der Waals surface area contributed by atoms with Gasteiger partial charge >= 0.3 is 0 Å². The molecule has 0 bridgehead atoms. The van der Waals surface area contributed by atoms with Crippen LogP contribution in [0.4, 0.5) is 0 Å². The van der Waals surface area contributed by atoms with E-state index < -0.39 is 0 Å². The first-order valence-corrected chi connectivity index (χ1v) is 12.1. The van der Waals surface area contributed by atoms with E-state index >= 15 is 0 Å². The van der Waals surface area contributed by atoms with E-state index in [1.807, 2.05) is 55.5 Å². The zero-order chi connectivity index (χ0) is 23.8. The molecule has 0 saturated carbocycles. The first kappa shape index (κ1) is 23.6. The molecule has 0 aliphatic rings. The minimum absolute atomic E-state index is 0.0224. The van der Waals surface area contributed by atoms with E-state index in [4.69, 9.17) is 9.72 Å². The first-order valence-electron chi connectivity index (χ1n) is 12.1. The lowest BCUT2D eigenvalue weighted by Gasteiger charge is -2.11. The second kappa shape index (κ2) is 11.5. The number of unbranched alkanes of at least 4 members (excludes halogenated alkanes) is 1. The summed E-state index contributed by atoms with van der Waals surface area (Å²) in [6.07, 6.45) is 3.66. The Hall–Kier alpha value is -3.60. The second-order valence-electron chi connectivity index (χ2n) is 8.72. The van der Waals surface area contributed by atoms with Crippen LogP contribution in [0.5, 0.6) is 5.75 Å². The van der Waals surface area contributed by atoms with Crippen LogP contribution in [-0.2, 0) is 13.0 Å². The second-order valence-corrected chi connectivity index (χ2v) is 8.72. The van der Waals surface area contributed by atoms with Crippen molar-refractivity contribution in [2.75, 3.05) is 13.2 Å². The highest BCUT2D eigenvalue weighted by atomic mass is 16.5. The molecule has 34 heavy (non-hydrogen) atoms. The lowest BCUT2D eigenvalue weighted by Crippen LogP contribution is -2.25. The van der Waals surface area contributed by atoms with Gasteiger partial charge in [-0.3, -0.25) is 4.79 Å². The standard InChI is InChI=1S/C29H33N3O2/c1-22-11-9-13-24(21-22)29(33)30-18-10-17-28-31-25-14-4-5-15-26(25)32(28)19-7-8-20-34-27-16-6-3-12-23(27)2/h3-6,9,11-16,21H,7-8,10,17-20H2,1-2H3,(H,30,33). The Morgan fingerprint density at radius 3 is 2.62 bits per heavy atom. The van der Waals surface area contributed by atoms with Crippen molar-refractivity contribution < 1.29 is 9.53 Å². The fourth-order valence-corrected chi connectivity index (χ4v) is 4.18. The number of carbonyl (C=O) groups is 1. The molecule has 0 aliphatic heterocycles. The molecule has 0 radical (unpaired) electrons. The number of imidazole rings is 1. The molecule has 4 rings (SSSR count). The van der Waals surface area contributed by atoms with Gasteiger partial charge < -0.3 is 14.6 Å². The lowest BCUT2D eigenvalue weighted by atomic mass is 10.1. The highest BCUT2D eigenvalue weighted by Crippen LogP contribution is 2.19. The van der Waals surface area contributed by atoms with E-state index in [9.17, 15) is 4.79 Å². The van der Waals surface area contributed by atoms with Crippen molar-refractivity contribution in [3.05, 3.63) is 95.3 Å². The summed E-state index contributed by atoms with van der Waals surface area (Å²) >= 11 is 0. The topological polar surface area (TPSA) is 56.2 Å². The zero-order valence-corrected chi connectivity index (χ0v) is 20.1. The Labute approximate surface area is 201 Å². The molecule has 5 nitrogen and oxygen atoms in total. The van der Waals surface area contributed by atoms with E-state index in [-0.39, 0.29) is 5.91 Å². The Bertz CT molecular complexity index is 1250. The molecule has 1 N–H and O–H groups in total. The molecule has 0 aliphatic carbocycles. The zero-order valence-electron chi connectivity index (χ0n) is 20.1. The number of aromatic nitrogens is 2. The van der Waals surface area contributed by atoms with Crippen molar-refractivity contribution >= 4 is 16.9 Å². The summed E-state index contributed by atoms with van der Waals surface area (Å²) in [7, 11) is 0. The van der Waals surface area contributed by atoms with Gasteiger partial charge in [0, 0.05) is 25.1 Å². The molecule has 1 amide bonds. The Morgan fingerprint density at radius 1 is 0.941 bits per heavy atom. The molecule has 0 spiro atoms. The molecular weight excluding hydrogens is 422 g/mol. The van der Waals surface area contributed by atoms with E-state index in [0.29, 0.717) is 18.7 Å². The van der Waals surface area contributed by atoms with Crippen LogP contribution >= 0.6 is 0 Å². The van der Waals surface area contributed by atoms with Crippen LogP contribution in [0.15, 0.2) is 72.8 Å². The van der Waals surface area contributed by atoms with Crippen molar-refractivity contribution in [1.82, 2.24) is 14.9 Å². The molecule has 0 atom stereocenters. The van der Waals surface area contributed by atoms with Gasteiger partial charge in [-0.05, 0) is 69.0 Å². The smallest absolute Gasteiger partial charge is 0.251 e. The van der Waals surface area contributed by atoms with Crippen LogP contribution in [0, 0.1) is 13.8 Å². The predicted molar refractivity (Wildman–Crippen MR) is 137 cm³/mol. The van der Waals surface area contributed by atoms with E-state index in [1.165, 1.54) is 11.1 Å². The van der Waals surface area contributed by atoms with Crippen molar-refractivity contribution in [2.24, 2.45) is 0 Å². The third-order valence-electron chi connectivity index (χ3n) is 6.00. The molecule has 4 aromatic rings. The number of ether oxygens (including phenoxy) is 1. The van der Waals surface area contributed by atoms with Crippen molar-refractivity contribution in [3.8, 4) is 5.75 Å². The van der Waals surface area contributed by atoms with Crippen molar-refractivity contribution in [2.45, 2.75) is 46.1 Å². The summed E-state index contributed by atoms with van der Waals surface area (Å²) < 4.78 is 8.28. The molecule has 3 aromatic carbocycles. The Kier molecular flexibility index (Phi) is 7.97. The minimum atomic E-state index is -0.0224. The summed E-state index contributed by atoms with van der Waals surface area (Å²) in [5.41, 5.74) is 5.16. The summed E-state index contributed by atoms with van der Waals surface area (Å²) in [4.78, 5) is 17.3. The molecule has 0 fully saturated rings. The van der Waals surface area contributed by atoms with Gasteiger partial charge in [0.2, 0.25) is 0 Å². The van der Waals surface area contributed by atoms with Crippen molar-refractivity contribution in [1.29, 1.82) is 0 Å². The SMILES string of the molecule is Cc1cccc(C(=O)NCCCc2nc3ccccc3n2CCCCOc2ccccc2C)c1. The van der Waals surface area contributed by atoms with Crippen LogP contribution in [0.3, 0.4) is 0 Å². The number of hydrogen-bond acceptors (Lipinski definition) is 3. The van der Waals surface area contributed by atoms with Gasteiger partial charge in [0.05, 0.1) is 17.6 Å². The maximum atomic E-state index is 12.4. The van der Waals surface area contributed by atoms with E-state index in [0.717, 1.165) is 54.9 Å². The molecule has 176 valence electrons. The number of aryl methyl sites for hydroxylation is 4. The summed E-state index contributed by atoms with van der Waals surface area (Å²) in [6.45, 7) is 6.30. The van der Waals surface area contributed by atoms with Gasteiger partial charge in [0.15, 0.2) is 0 Å². The van der Waals surface area contributed by atoms with Crippen LogP contribution in [0.25, 0.3) is 11.0 Å². The van der Waals surface area contributed by atoms with Crippen LogP contribution in [-0.4, -0.2) is 28.6 Å². The third kappa shape index (κ3) is 6.04. The van der Waals surface area contributed by atoms with E-state index in [2.05, 4.69) is 41.1 Å². The lowest BCUT2D eigenvalue weighted by molar-refractivity contribution is 0.0953. The number of carbonyl (C=O) groups excluding carboxylic acids is 1. The number of para-hydroxylation sites is 3. The number of nitrogens with zero attached hydrogens (tertiary/aromatic N) is 2. The molecule has 1 aromatic heterocycles. The maximum Gasteiger partial charge on any atom is 0.251 e. The Balaban J connectivity index is 1.30.